The van der Waals surface area contributed by atoms with E-state index < -0.39 is 46.7 Å². The van der Waals surface area contributed by atoms with Crippen LogP contribution in [0.3, 0.4) is 0 Å². The molecule has 10 nitrogen and oxygen atoms in total. The molecule has 0 saturated carbocycles. The molecule has 0 aliphatic carbocycles. The number of ether oxygens (including phenoxy) is 1. The fraction of sp³-hybridized carbons (Fsp3) is 0.385. The van der Waals surface area contributed by atoms with E-state index in [1.165, 1.54) is 6.07 Å². The van der Waals surface area contributed by atoms with Crippen molar-refractivity contribution in [1.29, 1.82) is 0 Å². The maximum Gasteiger partial charge on any atom is 0.408 e. The molecular weight excluding hydrogens is 531 g/mol. The first-order chi connectivity index (χ1) is 17.8. The predicted molar refractivity (Wildman–Crippen MR) is 143 cm³/mol. The highest BCUT2D eigenvalue weighted by molar-refractivity contribution is 7.86. The van der Waals surface area contributed by atoms with Crippen LogP contribution >= 0.6 is 7.37 Å². The number of benzene rings is 2. The second kappa shape index (κ2) is 12.7. The number of hydrogen-bond donors (Lipinski definition) is 2. The van der Waals surface area contributed by atoms with Gasteiger partial charge in [-0.2, -0.15) is 8.42 Å². The van der Waals surface area contributed by atoms with Crippen LogP contribution in [-0.4, -0.2) is 42.7 Å². The number of nitrogens with one attached hydrogen (secondary N) is 1. The summed E-state index contributed by atoms with van der Waals surface area (Å²) in [5.74, 6) is -1.90. The molecule has 1 amide bonds. The molecule has 0 bridgehead atoms. The third kappa shape index (κ3) is 9.72. The van der Waals surface area contributed by atoms with Gasteiger partial charge in [-0.1, -0.05) is 86.6 Å². The molecule has 206 valence electrons. The van der Waals surface area contributed by atoms with Crippen molar-refractivity contribution in [1.82, 2.24) is 10.5 Å². The van der Waals surface area contributed by atoms with E-state index in [4.69, 9.17) is 13.4 Å². The first kappa shape index (κ1) is 29.6. The summed E-state index contributed by atoms with van der Waals surface area (Å²) in [6.07, 6.45) is -1.80. The summed E-state index contributed by atoms with van der Waals surface area (Å²) in [6.45, 7) is 5.34. The van der Waals surface area contributed by atoms with Crippen LogP contribution in [0.1, 0.15) is 38.5 Å². The lowest BCUT2D eigenvalue weighted by Crippen LogP contribution is -2.37. The average molecular weight is 565 g/mol. The average Bonchev–Trinajstić information content (AvgIpc) is 3.32. The zero-order valence-corrected chi connectivity index (χ0v) is 23.3. The van der Waals surface area contributed by atoms with Gasteiger partial charge in [0.2, 0.25) is 7.37 Å². The number of hydrogen-bond acceptors (Lipinski definition) is 8. The highest BCUT2D eigenvalue weighted by Crippen LogP contribution is 2.50. The van der Waals surface area contributed by atoms with Crippen LogP contribution in [0.25, 0.3) is 11.3 Å². The van der Waals surface area contributed by atoms with Crippen LogP contribution in [0.4, 0.5) is 4.79 Å². The maximum absolute atomic E-state index is 13.4. The summed E-state index contributed by atoms with van der Waals surface area (Å²) in [5, 5.41) is 6.33. The standard InChI is InChI=1S/C26H33N2O8PS/c1-26(2,3)19-35-38(32,33)15-14-24(27-25(29)34-17-20-10-6-4-7-11-20)37(30,31)18-22-16-23(28-36-22)21-12-8-5-9-13-21/h4-13,16,24H,14-15,17-19H2,1-3H3,(H,27,29)(H,30,31). The minimum atomic E-state index is -4.26. The normalized spacial score (nSPS) is 14.4. The topological polar surface area (TPSA) is 145 Å². The highest BCUT2D eigenvalue weighted by Gasteiger charge is 2.36. The van der Waals surface area contributed by atoms with Gasteiger partial charge in [-0.25, -0.2) is 4.79 Å². The van der Waals surface area contributed by atoms with Gasteiger partial charge < -0.3 is 19.5 Å². The quantitative estimate of drug-likeness (QED) is 0.225. The lowest BCUT2D eigenvalue weighted by Gasteiger charge is -2.24. The lowest BCUT2D eigenvalue weighted by atomic mass is 9.99. The molecule has 0 fully saturated rings. The Kier molecular flexibility index (Phi) is 9.89. The van der Waals surface area contributed by atoms with E-state index >= 15 is 0 Å². The number of nitrogens with zero attached hydrogens (tertiary/aromatic N) is 1. The van der Waals surface area contributed by atoms with Crippen LogP contribution < -0.4 is 5.32 Å². The van der Waals surface area contributed by atoms with Crippen LogP contribution in [0.15, 0.2) is 71.3 Å². The van der Waals surface area contributed by atoms with Crippen molar-refractivity contribution in [3.05, 3.63) is 78.1 Å². The Morgan fingerprint density at radius 3 is 2.37 bits per heavy atom. The van der Waals surface area contributed by atoms with Gasteiger partial charge in [-0.3, -0.25) is 8.75 Å². The smallest absolute Gasteiger partial charge is 0.408 e. The summed E-state index contributed by atoms with van der Waals surface area (Å²) in [4.78, 5) is 23.5. The summed E-state index contributed by atoms with van der Waals surface area (Å²) >= 11 is 0. The summed E-state index contributed by atoms with van der Waals surface area (Å²) in [7, 11) is -8.28. The van der Waals surface area contributed by atoms with E-state index in [2.05, 4.69) is 10.5 Å². The van der Waals surface area contributed by atoms with Gasteiger partial charge in [0.15, 0.2) is 0 Å². The second-order valence-electron chi connectivity index (χ2n) is 10.1. The van der Waals surface area contributed by atoms with Gasteiger partial charge >= 0.3 is 6.09 Å². The van der Waals surface area contributed by atoms with Crippen LogP contribution in [0.2, 0.25) is 0 Å². The molecule has 2 unspecified atom stereocenters. The van der Waals surface area contributed by atoms with Crippen LogP contribution in [-0.2, 0) is 36.4 Å². The van der Waals surface area contributed by atoms with Crippen molar-refractivity contribution < 1.29 is 36.1 Å². The number of carbonyl (C=O) groups is 1. The van der Waals surface area contributed by atoms with E-state index in [9.17, 15) is 22.7 Å². The Hall–Kier alpha value is -2.98. The van der Waals surface area contributed by atoms with Crippen molar-refractivity contribution in [2.24, 2.45) is 5.41 Å². The molecule has 2 N–H and O–H groups in total. The van der Waals surface area contributed by atoms with E-state index in [-0.39, 0.29) is 25.4 Å². The number of aromatic nitrogens is 1. The molecule has 2 aromatic carbocycles. The SMILES string of the molecule is CC(C)(C)COS(=O)(=O)CCC(NC(=O)OCc1ccccc1)P(=O)(O)Cc1cc(-c2ccccc2)no1. The maximum atomic E-state index is 13.4. The van der Waals surface area contributed by atoms with Gasteiger partial charge in [0.1, 0.15) is 23.8 Å². The van der Waals surface area contributed by atoms with Crippen molar-refractivity contribution in [3.8, 4) is 11.3 Å². The Balaban J connectivity index is 1.72. The third-order valence-corrected chi connectivity index (χ3v) is 8.65. The Bertz CT molecular complexity index is 1340. The molecule has 0 saturated heterocycles. The first-order valence-corrected chi connectivity index (χ1v) is 15.5. The zero-order valence-electron chi connectivity index (χ0n) is 21.6. The summed E-state index contributed by atoms with van der Waals surface area (Å²) in [6, 6.07) is 19.6. The van der Waals surface area contributed by atoms with Crippen molar-refractivity contribution >= 4 is 23.6 Å². The molecule has 3 aromatic rings. The minimum Gasteiger partial charge on any atom is -0.445 e. The van der Waals surface area contributed by atoms with Gasteiger partial charge in [0.25, 0.3) is 10.1 Å². The van der Waals surface area contributed by atoms with Gasteiger partial charge in [0, 0.05) is 11.6 Å². The molecule has 0 spiro atoms. The molecule has 0 aliphatic rings. The Labute approximate surface area is 222 Å². The number of rotatable bonds is 12. The molecule has 0 radical (unpaired) electrons. The van der Waals surface area contributed by atoms with Crippen LogP contribution in [0, 0.1) is 5.41 Å². The number of amides is 1. The largest absolute Gasteiger partial charge is 0.445 e. The minimum absolute atomic E-state index is 0.0519. The molecule has 1 aromatic heterocycles. The van der Waals surface area contributed by atoms with E-state index in [1.807, 2.05) is 57.2 Å². The molecule has 0 aliphatic heterocycles. The Morgan fingerprint density at radius 2 is 1.74 bits per heavy atom. The van der Waals surface area contributed by atoms with Crippen LogP contribution in [0.5, 0.6) is 0 Å². The van der Waals surface area contributed by atoms with E-state index in [0.29, 0.717) is 5.69 Å². The monoisotopic (exact) mass is 564 g/mol. The van der Waals surface area contributed by atoms with Crippen molar-refractivity contribution in [3.63, 3.8) is 0 Å². The lowest BCUT2D eigenvalue weighted by molar-refractivity contribution is 0.137. The molecular formula is C26H33N2O8PS. The molecule has 12 heteroatoms. The van der Waals surface area contributed by atoms with Crippen molar-refractivity contribution in [2.45, 2.75) is 45.7 Å². The molecule has 38 heavy (non-hydrogen) atoms. The number of carbonyl (C=O) groups excluding carboxylic acids is 1. The molecule has 1 heterocycles. The predicted octanol–water partition coefficient (Wildman–Crippen LogP) is 5.15. The zero-order chi connectivity index (χ0) is 27.8. The first-order valence-electron chi connectivity index (χ1n) is 12.0. The number of alkyl carbamates (subject to hydrolysis) is 1. The molecule has 2 atom stereocenters. The van der Waals surface area contributed by atoms with Gasteiger partial charge in [-0.05, 0) is 17.4 Å². The highest BCUT2D eigenvalue weighted by atomic mass is 32.2. The van der Waals surface area contributed by atoms with E-state index in [1.54, 1.807) is 24.3 Å². The van der Waals surface area contributed by atoms with Gasteiger partial charge in [0.05, 0.1) is 18.5 Å². The fourth-order valence-electron chi connectivity index (χ4n) is 3.32. The second-order valence-corrected chi connectivity index (χ2v) is 14.3. The van der Waals surface area contributed by atoms with E-state index in [0.717, 1.165) is 11.1 Å². The summed E-state index contributed by atoms with van der Waals surface area (Å²) < 4.78 is 53.9. The fourth-order valence-corrected chi connectivity index (χ4v) is 6.33. The van der Waals surface area contributed by atoms with Crippen molar-refractivity contribution in [2.75, 3.05) is 12.4 Å². The third-order valence-electron chi connectivity index (χ3n) is 5.31. The summed E-state index contributed by atoms with van der Waals surface area (Å²) in [5.41, 5.74) is 1.56. The Morgan fingerprint density at radius 1 is 1.11 bits per heavy atom. The molecule has 3 rings (SSSR count). The van der Waals surface area contributed by atoms with Gasteiger partial charge in [-0.15, -0.1) is 0 Å².